The number of hydrogen-bond donors (Lipinski definition) is 1. The van der Waals surface area contributed by atoms with Crippen LogP contribution in [0.4, 0.5) is 0 Å². The van der Waals surface area contributed by atoms with Crippen LogP contribution in [0.5, 0.6) is 0 Å². The molecule has 0 saturated carbocycles. The smallest absolute Gasteiger partial charge is 0.225 e. The maximum Gasteiger partial charge on any atom is 0.225 e. The predicted octanol–water partition coefficient (Wildman–Crippen LogP) is 2.14. The van der Waals surface area contributed by atoms with E-state index in [0.29, 0.717) is 16.6 Å². The van der Waals surface area contributed by atoms with Crippen LogP contribution in [-0.4, -0.2) is 15.0 Å². The van der Waals surface area contributed by atoms with Crippen LogP contribution in [0.3, 0.4) is 0 Å². The Morgan fingerprint density at radius 1 is 1.38 bits per heavy atom. The van der Waals surface area contributed by atoms with Gasteiger partial charge in [0.2, 0.25) is 5.28 Å². The molecule has 0 fully saturated rings. The second kappa shape index (κ2) is 2.87. The summed E-state index contributed by atoms with van der Waals surface area (Å²) >= 11 is 11.3. The molecule has 1 N–H and O–H groups in total. The number of nitrogens with zero attached hydrogens (tertiary/aromatic N) is 3. The topological polar surface area (TPSA) is 65.4 Å². The SMILES string of the molecule is N#Cc1c[nH]c2nc(Cl)nc(Cl)c12. The molecule has 0 spiro atoms. The lowest BCUT2D eigenvalue weighted by Gasteiger charge is -1.93. The standard InChI is InChI=1S/C7H2Cl2N4/c8-5-4-3(1-10)2-11-6(4)13-7(9)12-5/h2H,(H,11,12,13). The zero-order chi connectivity index (χ0) is 9.42. The third-order valence-corrected chi connectivity index (χ3v) is 2.02. The number of halogens is 2. The summed E-state index contributed by atoms with van der Waals surface area (Å²) in [6.07, 6.45) is 1.52. The van der Waals surface area contributed by atoms with Gasteiger partial charge in [0.05, 0.1) is 10.9 Å². The van der Waals surface area contributed by atoms with Gasteiger partial charge in [-0.05, 0) is 11.6 Å². The molecule has 64 valence electrons. The number of H-pyrrole nitrogens is 1. The molecule has 13 heavy (non-hydrogen) atoms. The van der Waals surface area contributed by atoms with Crippen molar-refractivity contribution in [1.82, 2.24) is 15.0 Å². The minimum Gasteiger partial charge on any atom is -0.345 e. The van der Waals surface area contributed by atoms with Crippen molar-refractivity contribution >= 4 is 34.2 Å². The molecule has 2 aromatic rings. The average molecular weight is 213 g/mol. The minimum atomic E-state index is 0.0591. The molecule has 2 heterocycles. The van der Waals surface area contributed by atoms with Crippen molar-refractivity contribution in [1.29, 1.82) is 5.26 Å². The fourth-order valence-corrected chi connectivity index (χ4v) is 1.54. The molecule has 0 aliphatic rings. The molecule has 0 saturated heterocycles. The third-order valence-electron chi connectivity index (χ3n) is 1.58. The number of aromatic nitrogens is 3. The van der Waals surface area contributed by atoms with E-state index in [-0.39, 0.29) is 10.4 Å². The van der Waals surface area contributed by atoms with Crippen molar-refractivity contribution < 1.29 is 0 Å². The van der Waals surface area contributed by atoms with Gasteiger partial charge in [-0.25, -0.2) is 4.98 Å². The van der Waals surface area contributed by atoms with Gasteiger partial charge in [0.15, 0.2) is 0 Å². The van der Waals surface area contributed by atoms with Gasteiger partial charge in [0.1, 0.15) is 16.9 Å². The fraction of sp³-hybridized carbons (Fsp3) is 0. The lowest BCUT2D eigenvalue weighted by atomic mass is 10.3. The van der Waals surface area contributed by atoms with E-state index in [1.807, 2.05) is 6.07 Å². The zero-order valence-electron chi connectivity index (χ0n) is 6.17. The highest BCUT2D eigenvalue weighted by Crippen LogP contribution is 2.24. The minimum absolute atomic E-state index is 0.0591. The second-order valence-corrected chi connectivity index (χ2v) is 3.02. The van der Waals surface area contributed by atoms with E-state index in [1.165, 1.54) is 6.20 Å². The number of hydrogen-bond acceptors (Lipinski definition) is 3. The first kappa shape index (κ1) is 8.30. The highest BCUT2D eigenvalue weighted by Gasteiger charge is 2.10. The monoisotopic (exact) mass is 212 g/mol. The largest absolute Gasteiger partial charge is 0.345 e. The van der Waals surface area contributed by atoms with Crippen molar-refractivity contribution in [3.8, 4) is 6.07 Å². The summed E-state index contributed by atoms with van der Waals surface area (Å²) in [5, 5.41) is 9.46. The molecule has 0 atom stereocenters. The Morgan fingerprint density at radius 3 is 2.85 bits per heavy atom. The highest BCUT2D eigenvalue weighted by molar-refractivity contribution is 6.36. The van der Waals surface area contributed by atoms with Crippen molar-refractivity contribution in [3.05, 3.63) is 22.2 Å². The molecule has 0 amide bonds. The van der Waals surface area contributed by atoms with Crippen LogP contribution < -0.4 is 0 Å². The van der Waals surface area contributed by atoms with Crippen LogP contribution in [0.2, 0.25) is 10.4 Å². The van der Waals surface area contributed by atoms with E-state index < -0.39 is 0 Å². The van der Waals surface area contributed by atoms with Crippen LogP contribution in [0.25, 0.3) is 11.0 Å². The average Bonchev–Trinajstić information content (AvgIpc) is 2.47. The molecule has 4 nitrogen and oxygen atoms in total. The second-order valence-electron chi connectivity index (χ2n) is 2.32. The Bertz CT molecular complexity index is 511. The summed E-state index contributed by atoms with van der Waals surface area (Å²) in [6, 6.07) is 1.97. The molecule has 0 aliphatic carbocycles. The van der Waals surface area contributed by atoms with Crippen LogP contribution >= 0.6 is 23.2 Å². The maximum absolute atomic E-state index is 8.70. The molecule has 2 aromatic heterocycles. The Balaban J connectivity index is 2.92. The van der Waals surface area contributed by atoms with Crippen molar-refractivity contribution in [2.75, 3.05) is 0 Å². The zero-order valence-corrected chi connectivity index (χ0v) is 7.69. The van der Waals surface area contributed by atoms with E-state index in [9.17, 15) is 0 Å². The van der Waals surface area contributed by atoms with Gasteiger partial charge < -0.3 is 4.98 Å². The van der Waals surface area contributed by atoms with Crippen LogP contribution in [0.15, 0.2) is 6.20 Å². The number of fused-ring (bicyclic) bond motifs is 1. The molecule has 2 rings (SSSR count). The Hall–Kier alpha value is -1.31. The van der Waals surface area contributed by atoms with Gasteiger partial charge in [-0.3, -0.25) is 0 Å². The summed E-state index contributed by atoms with van der Waals surface area (Å²) < 4.78 is 0. The summed E-state index contributed by atoms with van der Waals surface area (Å²) in [7, 11) is 0. The van der Waals surface area contributed by atoms with E-state index in [4.69, 9.17) is 28.5 Å². The summed E-state index contributed by atoms with van der Waals surface area (Å²) in [5.41, 5.74) is 0.887. The van der Waals surface area contributed by atoms with Crippen molar-refractivity contribution in [2.24, 2.45) is 0 Å². The maximum atomic E-state index is 8.70. The molecule has 0 aromatic carbocycles. The summed E-state index contributed by atoms with van der Waals surface area (Å²) in [6.45, 7) is 0. The number of nitrogens with one attached hydrogen (secondary N) is 1. The van der Waals surface area contributed by atoms with Gasteiger partial charge in [-0.2, -0.15) is 10.2 Å². The van der Waals surface area contributed by atoms with Gasteiger partial charge in [-0.15, -0.1) is 0 Å². The first-order valence-corrected chi connectivity index (χ1v) is 4.08. The molecule has 0 aliphatic heterocycles. The molecule has 6 heteroatoms. The Labute approximate surface area is 83.1 Å². The predicted molar refractivity (Wildman–Crippen MR) is 48.6 cm³/mol. The van der Waals surface area contributed by atoms with Crippen LogP contribution in [0, 0.1) is 11.3 Å². The van der Waals surface area contributed by atoms with Crippen molar-refractivity contribution in [3.63, 3.8) is 0 Å². The first-order chi connectivity index (χ1) is 6.22. The van der Waals surface area contributed by atoms with E-state index in [2.05, 4.69) is 15.0 Å². The highest BCUT2D eigenvalue weighted by atomic mass is 35.5. The molecule has 0 bridgehead atoms. The quantitative estimate of drug-likeness (QED) is 0.538. The van der Waals surface area contributed by atoms with Gasteiger partial charge in [-0.1, -0.05) is 11.6 Å². The molecule has 0 radical (unpaired) electrons. The van der Waals surface area contributed by atoms with E-state index in [0.717, 1.165) is 0 Å². The van der Waals surface area contributed by atoms with E-state index >= 15 is 0 Å². The summed E-state index contributed by atoms with van der Waals surface area (Å²) in [5.74, 6) is 0. The Morgan fingerprint density at radius 2 is 2.15 bits per heavy atom. The molecular formula is C7H2Cl2N4. The van der Waals surface area contributed by atoms with Gasteiger partial charge >= 0.3 is 0 Å². The van der Waals surface area contributed by atoms with Gasteiger partial charge in [0.25, 0.3) is 0 Å². The number of aromatic amines is 1. The number of rotatable bonds is 0. The lowest BCUT2D eigenvalue weighted by molar-refractivity contribution is 1.20. The fourth-order valence-electron chi connectivity index (χ4n) is 1.05. The third kappa shape index (κ3) is 1.22. The molecular weight excluding hydrogens is 211 g/mol. The van der Waals surface area contributed by atoms with Crippen molar-refractivity contribution in [2.45, 2.75) is 0 Å². The lowest BCUT2D eigenvalue weighted by Crippen LogP contribution is -1.85. The first-order valence-electron chi connectivity index (χ1n) is 3.32. The van der Waals surface area contributed by atoms with Crippen LogP contribution in [0.1, 0.15) is 5.56 Å². The number of nitriles is 1. The van der Waals surface area contributed by atoms with E-state index in [1.54, 1.807) is 0 Å². The van der Waals surface area contributed by atoms with Gasteiger partial charge in [0, 0.05) is 6.20 Å². The van der Waals surface area contributed by atoms with Crippen LogP contribution in [-0.2, 0) is 0 Å². The summed E-state index contributed by atoms with van der Waals surface area (Å²) in [4.78, 5) is 10.4. The Kier molecular flexibility index (Phi) is 1.83. The molecule has 0 unspecified atom stereocenters. The normalized spacial score (nSPS) is 10.2.